The summed E-state index contributed by atoms with van der Waals surface area (Å²) >= 11 is 0. The van der Waals surface area contributed by atoms with E-state index in [-0.39, 0.29) is 17.7 Å². The summed E-state index contributed by atoms with van der Waals surface area (Å²) in [5, 5.41) is 0. The van der Waals surface area contributed by atoms with Crippen LogP contribution >= 0.6 is 0 Å². The molecule has 0 spiro atoms. The van der Waals surface area contributed by atoms with E-state index in [4.69, 9.17) is 0 Å². The standard InChI is InChI=1S/C17H23N3O2/c1-13-4-3-5-16(10-13)18-6-8-19(9-7-18)17(22)15-11-20(12-15)14(2)21/h3-5,10,15H,6-9,11-12H2,1-2H3. The molecule has 3 rings (SSSR count). The summed E-state index contributed by atoms with van der Waals surface area (Å²) in [6, 6.07) is 8.49. The summed E-state index contributed by atoms with van der Waals surface area (Å²) < 4.78 is 0. The van der Waals surface area contributed by atoms with Crippen molar-refractivity contribution in [1.82, 2.24) is 9.80 Å². The predicted molar refractivity (Wildman–Crippen MR) is 85.7 cm³/mol. The number of aryl methyl sites for hydroxylation is 1. The molecule has 2 aliphatic heterocycles. The molecular weight excluding hydrogens is 278 g/mol. The van der Waals surface area contributed by atoms with Gasteiger partial charge in [-0.05, 0) is 24.6 Å². The molecule has 0 unspecified atom stereocenters. The van der Waals surface area contributed by atoms with Crippen molar-refractivity contribution in [2.24, 2.45) is 5.92 Å². The monoisotopic (exact) mass is 301 g/mol. The van der Waals surface area contributed by atoms with Crippen LogP contribution in [-0.4, -0.2) is 60.9 Å². The molecule has 2 saturated heterocycles. The van der Waals surface area contributed by atoms with Gasteiger partial charge in [0.1, 0.15) is 0 Å². The molecule has 2 aliphatic rings. The molecular formula is C17H23N3O2. The number of anilines is 1. The summed E-state index contributed by atoms with van der Waals surface area (Å²) in [6.07, 6.45) is 0. The summed E-state index contributed by atoms with van der Waals surface area (Å²) in [4.78, 5) is 29.6. The van der Waals surface area contributed by atoms with Gasteiger partial charge in [0.25, 0.3) is 0 Å². The second kappa shape index (κ2) is 5.99. The van der Waals surface area contributed by atoms with E-state index in [1.165, 1.54) is 11.3 Å². The number of hydrogen-bond donors (Lipinski definition) is 0. The molecule has 5 heteroatoms. The molecule has 2 heterocycles. The Hall–Kier alpha value is -2.04. The van der Waals surface area contributed by atoms with Crippen molar-refractivity contribution in [3.8, 4) is 0 Å². The van der Waals surface area contributed by atoms with Crippen LogP contribution in [0.25, 0.3) is 0 Å². The van der Waals surface area contributed by atoms with Gasteiger partial charge in [-0.25, -0.2) is 0 Å². The minimum absolute atomic E-state index is 0.00872. The van der Waals surface area contributed by atoms with Gasteiger partial charge in [-0.15, -0.1) is 0 Å². The van der Waals surface area contributed by atoms with E-state index in [2.05, 4.69) is 36.1 Å². The van der Waals surface area contributed by atoms with Crippen LogP contribution in [0.4, 0.5) is 5.69 Å². The van der Waals surface area contributed by atoms with Crippen LogP contribution in [0.2, 0.25) is 0 Å². The second-order valence-corrected chi connectivity index (χ2v) is 6.27. The van der Waals surface area contributed by atoms with Crippen LogP contribution in [0.1, 0.15) is 12.5 Å². The molecule has 5 nitrogen and oxygen atoms in total. The predicted octanol–water partition coefficient (Wildman–Crippen LogP) is 1.12. The van der Waals surface area contributed by atoms with Crippen molar-refractivity contribution in [2.75, 3.05) is 44.2 Å². The maximum atomic E-state index is 12.4. The highest BCUT2D eigenvalue weighted by molar-refractivity contribution is 5.84. The largest absolute Gasteiger partial charge is 0.368 e. The Labute approximate surface area is 131 Å². The molecule has 1 aromatic carbocycles. The molecule has 0 bridgehead atoms. The molecule has 0 aromatic heterocycles. The number of carbonyl (C=O) groups is 2. The third-order valence-electron chi connectivity index (χ3n) is 4.63. The lowest BCUT2D eigenvalue weighted by Crippen LogP contribution is -2.58. The van der Waals surface area contributed by atoms with Gasteiger partial charge in [-0.3, -0.25) is 9.59 Å². The first-order chi connectivity index (χ1) is 10.5. The lowest BCUT2D eigenvalue weighted by molar-refractivity contribution is -0.147. The number of amides is 2. The highest BCUT2D eigenvalue weighted by Gasteiger charge is 2.37. The molecule has 1 aromatic rings. The first kappa shape index (κ1) is 14.9. The fourth-order valence-corrected chi connectivity index (χ4v) is 3.16. The van der Waals surface area contributed by atoms with E-state index in [0.29, 0.717) is 13.1 Å². The van der Waals surface area contributed by atoms with Crippen LogP contribution < -0.4 is 4.90 Å². The Morgan fingerprint density at radius 3 is 2.32 bits per heavy atom. The van der Waals surface area contributed by atoms with Crippen LogP contribution in [0.5, 0.6) is 0 Å². The van der Waals surface area contributed by atoms with Crippen LogP contribution in [0, 0.1) is 12.8 Å². The number of hydrogen-bond acceptors (Lipinski definition) is 3. The van der Waals surface area contributed by atoms with Crippen molar-refractivity contribution >= 4 is 17.5 Å². The van der Waals surface area contributed by atoms with Gasteiger partial charge in [0.2, 0.25) is 11.8 Å². The average Bonchev–Trinajstić information content (AvgIpc) is 2.45. The smallest absolute Gasteiger partial charge is 0.229 e. The van der Waals surface area contributed by atoms with Crippen LogP contribution in [0.3, 0.4) is 0 Å². The number of rotatable bonds is 2. The van der Waals surface area contributed by atoms with E-state index in [0.717, 1.165) is 26.2 Å². The topological polar surface area (TPSA) is 43.9 Å². The average molecular weight is 301 g/mol. The summed E-state index contributed by atoms with van der Waals surface area (Å²) in [7, 11) is 0. The minimum atomic E-state index is 0.00872. The summed E-state index contributed by atoms with van der Waals surface area (Å²) in [5.74, 6) is 0.282. The molecule has 0 aliphatic carbocycles. The Balaban J connectivity index is 1.52. The minimum Gasteiger partial charge on any atom is -0.368 e. The van der Waals surface area contributed by atoms with Gasteiger partial charge in [0.15, 0.2) is 0 Å². The zero-order valence-corrected chi connectivity index (χ0v) is 13.3. The van der Waals surface area contributed by atoms with Crippen molar-refractivity contribution in [2.45, 2.75) is 13.8 Å². The SMILES string of the molecule is CC(=O)N1CC(C(=O)N2CCN(c3cccc(C)c3)CC2)C1. The Bertz CT molecular complexity index is 573. The van der Waals surface area contributed by atoms with E-state index < -0.39 is 0 Å². The first-order valence-corrected chi connectivity index (χ1v) is 7.90. The Kier molecular flexibility index (Phi) is 4.05. The first-order valence-electron chi connectivity index (χ1n) is 7.90. The fourth-order valence-electron chi connectivity index (χ4n) is 3.16. The van der Waals surface area contributed by atoms with E-state index in [1.807, 2.05) is 4.90 Å². The maximum absolute atomic E-state index is 12.4. The molecule has 0 saturated carbocycles. The van der Waals surface area contributed by atoms with Crippen molar-refractivity contribution in [3.63, 3.8) is 0 Å². The molecule has 0 radical (unpaired) electrons. The highest BCUT2D eigenvalue weighted by Crippen LogP contribution is 2.21. The van der Waals surface area contributed by atoms with Crippen LogP contribution in [0.15, 0.2) is 24.3 Å². The van der Waals surface area contributed by atoms with Crippen LogP contribution in [-0.2, 0) is 9.59 Å². The fraction of sp³-hybridized carbons (Fsp3) is 0.529. The van der Waals surface area contributed by atoms with Crippen molar-refractivity contribution in [3.05, 3.63) is 29.8 Å². The number of carbonyl (C=O) groups excluding carboxylic acids is 2. The number of nitrogens with zero attached hydrogens (tertiary/aromatic N) is 3. The number of likely N-dealkylation sites (tertiary alicyclic amines) is 1. The number of benzene rings is 1. The number of piperazine rings is 1. The maximum Gasteiger partial charge on any atom is 0.229 e. The lowest BCUT2D eigenvalue weighted by atomic mass is 9.98. The summed E-state index contributed by atoms with van der Waals surface area (Å²) in [6.45, 7) is 8.11. The van der Waals surface area contributed by atoms with E-state index in [1.54, 1.807) is 11.8 Å². The second-order valence-electron chi connectivity index (χ2n) is 6.27. The van der Waals surface area contributed by atoms with Gasteiger partial charge in [0, 0.05) is 51.9 Å². The Morgan fingerprint density at radius 2 is 1.73 bits per heavy atom. The Morgan fingerprint density at radius 1 is 1.05 bits per heavy atom. The molecule has 0 N–H and O–H groups in total. The third-order valence-corrected chi connectivity index (χ3v) is 4.63. The molecule has 0 atom stereocenters. The van der Waals surface area contributed by atoms with Gasteiger partial charge >= 0.3 is 0 Å². The van der Waals surface area contributed by atoms with Gasteiger partial charge in [-0.2, -0.15) is 0 Å². The van der Waals surface area contributed by atoms with Crippen molar-refractivity contribution in [1.29, 1.82) is 0 Å². The zero-order chi connectivity index (χ0) is 15.7. The molecule has 22 heavy (non-hydrogen) atoms. The molecule has 2 fully saturated rings. The van der Waals surface area contributed by atoms with E-state index >= 15 is 0 Å². The zero-order valence-electron chi connectivity index (χ0n) is 13.3. The van der Waals surface area contributed by atoms with Crippen molar-refractivity contribution < 1.29 is 9.59 Å². The summed E-state index contributed by atoms with van der Waals surface area (Å²) in [5.41, 5.74) is 2.49. The normalized spacial score (nSPS) is 19.1. The van der Waals surface area contributed by atoms with E-state index in [9.17, 15) is 9.59 Å². The third kappa shape index (κ3) is 2.93. The molecule has 2 amide bonds. The lowest BCUT2D eigenvalue weighted by Gasteiger charge is -2.42. The van der Waals surface area contributed by atoms with Gasteiger partial charge < -0.3 is 14.7 Å². The molecule has 118 valence electrons. The van der Waals surface area contributed by atoms with Gasteiger partial charge in [-0.1, -0.05) is 12.1 Å². The highest BCUT2D eigenvalue weighted by atomic mass is 16.2. The van der Waals surface area contributed by atoms with Gasteiger partial charge in [0.05, 0.1) is 5.92 Å². The quantitative estimate of drug-likeness (QED) is 0.822.